The first-order chi connectivity index (χ1) is 9.97. The van der Waals surface area contributed by atoms with Crippen LogP contribution >= 0.6 is 0 Å². The Balaban J connectivity index is 2.75. The number of benzene rings is 1. The van der Waals surface area contributed by atoms with Gasteiger partial charge in [0.05, 0.1) is 6.04 Å². The number of hydrogen-bond acceptors (Lipinski definition) is 4. The lowest BCUT2D eigenvalue weighted by Crippen LogP contribution is -2.50. The van der Waals surface area contributed by atoms with E-state index in [1.807, 2.05) is 30.3 Å². The zero-order chi connectivity index (χ0) is 15.8. The maximum absolute atomic E-state index is 12.2. The highest BCUT2D eigenvalue weighted by Gasteiger charge is 2.29. The summed E-state index contributed by atoms with van der Waals surface area (Å²) in [6.07, 6.45) is 1.34. The number of hydrogen-bond donors (Lipinski definition) is 3. The van der Waals surface area contributed by atoms with E-state index in [1.54, 1.807) is 0 Å². The van der Waals surface area contributed by atoms with Crippen molar-refractivity contribution in [1.29, 1.82) is 0 Å². The van der Waals surface area contributed by atoms with Gasteiger partial charge in [-0.3, -0.25) is 4.79 Å². The first-order valence-electron chi connectivity index (χ1n) is 6.96. The van der Waals surface area contributed by atoms with Crippen LogP contribution in [0.25, 0.3) is 0 Å². The molecule has 0 saturated heterocycles. The molecule has 21 heavy (non-hydrogen) atoms. The van der Waals surface area contributed by atoms with Gasteiger partial charge >= 0.3 is 5.97 Å². The van der Waals surface area contributed by atoms with E-state index in [1.165, 1.54) is 11.9 Å². The first-order valence-corrected chi connectivity index (χ1v) is 6.96. The molecule has 0 unspecified atom stereocenters. The summed E-state index contributed by atoms with van der Waals surface area (Å²) in [5.74, 6) is -1.41. The topological polar surface area (TPSA) is 110 Å². The molecule has 0 aliphatic heterocycles. The Morgan fingerprint density at radius 1 is 1.29 bits per heavy atom. The molecule has 0 fully saturated rings. The fraction of sp³-hybridized carbons (Fsp3) is 0.467. The molecule has 1 amide bonds. The van der Waals surface area contributed by atoms with Gasteiger partial charge in [0.15, 0.2) is 0 Å². The standard InChI is InChI=1S/C15H23N3O3/c1-18(14(19)12(17)8-5-9-16)13(15(20)21)10-11-6-3-2-4-7-11/h2-4,6-7,12-13H,5,8-10,16-17H2,1H3,(H,20,21)/t12-,13+/m1/s1. The average molecular weight is 293 g/mol. The molecule has 5 N–H and O–H groups in total. The van der Waals surface area contributed by atoms with Crippen LogP contribution in [0.1, 0.15) is 18.4 Å². The molecule has 116 valence electrons. The Morgan fingerprint density at radius 2 is 1.90 bits per heavy atom. The van der Waals surface area contributed by atoms with Gasteiger partial charge in [-0.05, 0) is 24.9 Å². The van der Waals surface area contributed by atoms with Crippen molar-refractivity contribution in [2.75, 3.05) is 13.6 Å². The number of likely N-dealkylation sites (N-methyl/N-ethyl adjacent to an activating group) is 1. The number of carbonyl (C=O) groups excluding carboxylic acids is 1. The second-order valence-corrected chi connectivity index (χ2v) is 5.03. The van der Waals surface area contributed by atoms with Crippen LogP contribution in [0, 0.1) is 0 Å². The van der Waals surface area contributed by atoms with Crippen molar-refractivity contribution in [3.05, 3.63) is 35.9 Å². The van der Waals surface area contributed by atoms with Crippen LogP contribution in [0.5, 0.6) is 0 Å². The Kier molecular flexibility index (Phi) is 6.84. The van der Waals surface area contributed by atoms with E-state index in [-0.39, 0.29) is 12.3 Å². The molecule has 0 bridgehead atoms. The van der Waals surface area contributed by atoms with Crippen LogP contribution in [0.2, 0.25) is 0 Å². The molecule has 1 rings (SSSR count). The van der Waals surface area contributed by atoms with E-state index in [2.05, 4.69) is 0 Å². The number of carboxylic acids is 1. The van der Waals surface area contributed by atoms with Gasteiger partial charge in [0.1, 0.15) is 6.04 Å². The number of nitrogens with two attached hydrogens (primary N) is 2. The summed E-state index contributed by atoms with van der Waals surface area (Å²) in [5, 5.41) is 9.36. The van der Waals surface area contributed by atoms with E-state index < -0.39 is 18.1 Å². The highest BCUT2D eigenvalue weighted by Crippen LogP contribution is 2.10. The van der Waals surface area contributed by atoms with Gasteiger partial charge in [0.2, 0.25) is 5.91 Å². The largest absolute Gasteiger partial charge is 0.480 e. The zero-order valence-corrected chi connectivity index (χ0v) is 12.2. The number of aliphatic carboxylic acids is 1. The van der Waals surface area contributed by atoms with Crippen molar-refractivity contribution in [1.82, 2.24) is 4.90 Å². The molecule has 1 aromatic rings. The molecule has 6 heteroatoms. The Labute approximate surface area is 124 Å². The second kappa shape index (κ2) is 8.39. The number of carbonyl (C=O) groups is 2. The third-order valence-electron chi connectivity index (χ3n) is 3.41. The van der Waals surface area contributed by atoms with E-state index in [4.69, 9.17) is 11.5 Å². The SMILES string of the molecule is CN(C(=O)[C@H](N)CCCN)[C@@H](Cc1ccccc1)C(=O)O. The lowest BCUT2D eigenvalue weighted by Gasteiger charge is -2.27. The minimum absolute atomic E-state index is 0.252. The highest BCUT2D eigenvalue weighted by atomic mass is 16.4. The van der Waals surface area contributed by atoms with Crippen LogP contribution in [0.15, 0.2) is 30.3 Å². The van der Waals surface area contributed by atoms with Crippen molar-refractivity contribution in [2.24, 2.45) is 11.5 Å². The van der Waals surface area contributed by atoms with Gasteiger partial charge < -0.3 is 21.5 Å². The third-order valence-corrected chi connectivity index (χ3v) is 3.41. The predicted molar refractivity (Wildman–Crippen MR) is 80.6 cm³/mol. The van der Waals surface area contributed by atoms with Crippen molar-refractivity contribution < 1.29 is 14.7 Å². The van der Waals surface area contributed by atoms with E-state index >= 15 is 0 Å². The molecule has 6 nitrogen and oxygen atoms in total. The maximum Gasteiger partial charge on any atom is 0.326 e. The van der Waals surface area contributed by atoms with Crippen LogP contribution in [-0.4, -0.2) is 47.6 Å². The lowest BCUT2D eigenvalue weighted by atomic mass is 10.0. The molecular weight excluding hydrogens is 270 g/mol. The number of rotatable bonds is 8. The summed E-state index contributed by atoms with van der Waals surface area (Å²) in [5.41, 5.74) is 12.0. The van der Waals surface area contributed by atoms with Crippen molar-refractivity contribution in [2.45, 2.75) is 31.3 Å². The van der Waals surface area contributed by atoms with Crippen LogP contribution < -0.4 is 11.5 Å². The number of nitrogens with zero attached hydrogens (tertiary/aromatic N) is 1. The Bertz CT molecular complexity index is 464. The average Bonchev–Trinajstić information content (AvgIpc) is 2.49. The van der Waals surface area contributed by atoms with Crippen molar-refractivity contribution >= 4 is 11.9 Å². The Morgan fingerprint density at radius 3 is 2.43 bits per heavy atom. The molecule has 2 atom stereocenters. The lowest BCUT2D eigenvalue weighted by molar-refractivity contribution is -0.149. The van der Waals surface area contributed by atoms with Crippen LogP contribution in [-0.2, 0) is 16.0 Å². The summed E-state index contributed by atoms with van der Waals surface area (Å²) in [6, 6.07) is 7.56. The smallest absolute Gasteiger partial charge is 0.326 e. The van der Waals surface area contributed by atoms with Crippen molar-refractivity contribution in [3.8, 4) is 0 Å². The van der Waals surface area contributed by atoms with Crippen molar-refractivity contribution in [3.63, 3.8) is 0 Å². The molecule has 0 aliphatic rings. The summed E-state index contributed by atoms with van der Waals surface area (Å²) in [7, 11) is 1.48. The van der Waals surface area contributed by atoms with Gasteiger partial charge in [-0.1, -0.05) is 30.3 Å². The first kappa shape index (κ1) is 17.1. The molecule has 1 aromatic carbocycles. The highest BCUT2D eigenvalue weighted by molar-refractivity contribution is 5.86. The van der Waals surface area contributed by atoms with Crippen LogP contribution in [0.3, 0.4) is 0 Å². The van der Waals surface area contributed by atoms with E-state index in [0.29, 0.717) is 19.4 Å². The minimum atomic E-state index is -1.04. The molecular formula is C15H23N3O3. The van der Waals surface area contributed by atoms with Gasteiger partial charge in [-0.2, -0.15) is 0 Å². The summed E-state index contributed by atoms with van der Waals surface area (Å²) in [6.45, 7) is 0.455. The molecule has 0 heterocycles. The fourth-order valence-corrected chi connectivity index (χ4v) is 2.10. The van der Waals surface area contributed by atoms with E-state index in [0.717, 1.165) is 5.56 Å². The zero-order valence-electron chi connectivity index (χ0n) is 12.2. The third kappa shape index (κ3) is 5.17. The number of amides is 1. The normalized spacial score (nSPS) is 13.5. The van der Waals surface area contributed by atoms with E-state index in [9.17, 15) is 14.7 Å². The van der Waals surface area contributed by atoms with Gasteiger partial charge in [-0.25, -0.2) is 4.79 Å². The molecule has 0 saturated carbocycles. The summed E-state index contributed by atoms with van der Waals surface area (Å²) in [4.78, 5) is 24.8. The van der Waals surface area contributed by atoms with Gasteiger partial charge in [0, 0.05) is 13.5 Å². The van der Waals surface area contributed by atoms with Gasteiger partial charge in [-0.15, -0.1) is 0 Å². The maximum atomic E-state index is 12.2. The predicted octanol–water partition coefficient (Wildman–Crippen LogP) is 0.207. The molecule has 0 aliphatic carbocycles. The second-order valence-electron chi connectivity index (χ2n) is 5.03. The molecule has 0 spiro atoms. The summed E-state index contributed by atoms with van der Waals surface area (Å²) < 4.78 is 0. The number of carboxylic acid groups (broad SMARTS) is 1. The minimum Gasteiger partial charge on any atom is -0.480 e. The quantitative estimate of drug-likeness (QED) is 0.634. The van der Waals surface area contributed by atoms with Gasteiger partial charge in [0.25, 0.3) is 0 Å². The van der Waals surface area contributed by atoms with Crippen LogP contribution in [0.4, 0.5) is 0 Å². The fourth-order valence-electron chi connectivity index (χ4n) is 2.10. The molecule has 0 aromatic heterocycles. The Hall–Kier alpha value is -1.92. The monoisotopic (exact) mass is 293 g/mol. The summed E-state index contributed by atoms with van der Waals surface area (Å²) >= 11 is 0. The molecule has 0 radical (unpaired) electrons.